The summed E-state index contributed by atoms with van der Waals surface area (Å²) >= 11 is 0. The molecular weight excluding hydrogens is 150 g/mol. The molecule has 1 aliphatic heterocycles. The number of carbonyl (C=O) groups excluding carboxylic acids is 3. The van der Waals surface area contributed by atoms with Crippen LogP contribution in [0.15, 0.2) is 0 Å². The molecule has 0 bridgehead atoms. The molecule has 3 N–H and O–H groups in total. The molecule has 0 aromatic rings. The molecule has 1 rings (SSSR count). The largest absolute Gasteiger partial charge is 0.356 e. The topological polar surface area (TPSA) is 87.3 Å². The fourth-order valence-electron chi connectivity index (χ4n) is 0.769. The van der Waals surface area contributed by atoms with Gasteiger partial charge >= 0.3 is 6.03 Å². The number of rotatable bonds is 3. The van der Waals surface area contributed by atoms with Crippen LogP contribution >= 0.6 is 0 Å². The number of carbonyl (C=O) groups is 3. The molecule has 0 spiro atoms. The second-order valence-electron chi connectivity index (χ2n) is 2.04. The maximum Gasteiger partial charge on any atom is 0.322 e. The summed E-state index contributed by atoms with van der Waals surface area (Å²) in [5.74, 6) is -0.413. The average Bonchev–Trinajstić information content (AvgIpc) is 2.26. The van der Waals surface area contributed by atoms with Crippen LogP contribution in [0.25, 0.3) is 0 Å². The van der Waals surface area contributed by atoms with Gasteiger partial charge in [-0.3, -0.25) is 14.9 Å². The first-order chi connectivity index (χ1) is 5.24. The van der Waals surface area contributed by atoms with Crippen molar-refractivity contribution in [1.82, 2.24) is 16.0 Å². The Kier molecular flexibility index (Phi) is 2.05. The molecule has 0 saturated carbocycles. The van der Waals surface area contributed by atoms with Gasteiger partial charge < -0.3 is 10.6 Å². The van der Waals surface area contributed by atoms with Gasteiger partial charge in [0.1, 0.15) is 6.04 Å². The number of hydrogen-bond donors (Lipinski definition) is 3. The lowest BCUT2D eigenvalue weighted by atomic mass is 10.3. The van der Waals surface area contributed by atoms with Gasteiger partial charge in [0.2, 0.25) is 6.41 Å². The minimum atomic E-state index is -0.632. The fourth-order valence-corrected chi connectivity index (χ4v) is 0.769. The SMILES string of the molecule is O=CNCC1NC(=O)NC1=O. The van der Waals surface area contributed by atoms with E-state index in [4.69, 9.17) is 0 Å². The minimum Gasteiger partial charge on any atom is -0.356 e. The van der Waals surface area contributed by atoms with Crippen molar-refractivity contribution < 1.29 is 14.4 Å². The monoisotopic (exact) mass is 157 g/mol. The normalized spacial score (nSPS) is 22.4. The third-order valence-corrected chi connectivity index (χ3v) is 1.26. The molecule has 1 atom stereocenters. The van der Waals surface area contributed by atoms with Gasteiger partial charge in [-0.25, -0.2) is 4.79 Å². The highest BCUT2D eigenvalue weighted by Gasteiger charge is 2.28. The van der Waals surface area contributed by atoms with E-state index in [2.05, 4.69) is 10.6 Å². The number of imide groups is 1. The van der Waals surface area contributed by atoms with E-state index in [0.29, 0.717) is 6.41 Å². The Hall–Kier alpha value is -1.59. The average molecular weight is 157 g/mol. The Labute approximate surface area is 62.3 Å². The Morgan fingerprint density at radius 3 is 2.73 bits per heavy atom. The van der Waals surface area contributed by atoms with Crippen LogP contribution in [0.3, 0.4) is 0 Å². The smallest absolute Gasteiger partial charge is 0.322 e. The molecule has 11 heavy (non-hydrogen) atoms. The van der Waals surface area contributed by atoms with Gasteiger partial charge in [0.05, 0.1) is 0 Å². The van der Waals surface area contributed by atoms with Crippen LogP contribution in [0.5, 0.6) is 0 Å². The van der Waals surface area contributed by atoms with Crippen molar-refractivity contribution in [3.63, 3.8) is 0 Å². The lowest BCUT2D eigenvalue weighted by molar-refractivity contribution is -0.120. The van der Waals surface area contributed by atoms with E-state index in [1.807, 2.05) is 5.32 Å². The first kappa shape index (κ1) is 7.52. The summed E-state index contributed by atoms with van der Waals surface area (Å²) in [6, 6.07) is -1.15. The maximum atomic E-state index is 10.7. The predicted molar refractivity (Wildman–Crippen MR) is 34.5 cm³/mol. The fraction of sp³-hybridized carbons (Fsp3) is 0.400. The second-order valence-corrected chi connectivity index (χ2v) is 2.04. The molecule has 6 heteroatoms. The summed E-state index contributed by atoms with van der Waals surface area (Å²) in [5, 5.41) is 6.63. The number of hydrogen-bond acceptors (Lipinski definition) is 3. The third kappa shape index (κ3) is 1.66. The van der Waals surface area contributed by atoms with Gasteiger partial charge in [-0.1, -0.05) is 0 Å². The van der Waals surface area contributed by atoms with Crippen LogP contribution < -0.4 is 16.0 Å². The Balaban J connectivity index is 2.40. The van der Waals surface area contributed by atoms with Gasteiger partial charge in [0, 0.05) is 6.54 Å². The molecule has 0 aromatic heterocycles. The van der Waals surface area contributed by atoms with Crippen LogP contribution in [-0.4, -0.2) is 30.9 Å². The Morgan fingerprint density at radius 2 is 2.27 bits per heavy atom. The first-order valence-corrected chi connectivity index (χ1v) is 3.02. The van der Waals surface area contributed by atoms with E-state index in [0.717, 1.165) is 0 Å². The summed E-state index contributed by atoms with van der Waals surface area (Å²) in [6.45, 7) is 0.126. The molecule has 1 aliphatic rings. The van der Waals surface area contributed by atoms with Crippen molar-refractivity contribution in [2.24, 2.45) is 0 Å². The van der Waals surface area contributed by atoms with E-state index in [1.165, 1.54) is 0 Å². The maximum absolute atomic E-state index is 10.7. The van der Waals surface area contributed by atoms with Crippen molar-refractivity contribution in [3.8, 4) is 0 Å². The van der Waals surface area contributed by atoms with Crippen molar-refractivity contribution >= 4 is 18.3 Å². The molecule has 1 heterocycles. The summed E-state index contributed by atoms with van der Waals surface area (Å²) in [4.78, 5) is 31.0. The number of amides is 4. The van der Waals surface area contributed by atoms with Gasteiger partial charge in [0.25, 0.3) is 5.91 Å². The summed E-state index contributed by atoms with van der Waals surface area (Å²) in [5.41, 5.74) is 0. The minimum absolute atomic E-state index is 0.126. The van der Waals surface area contributed by atoms with Crippen molar-refractivity contribution in [2.75, 3.05) is 6.54 Å². The van der Waals surface area contributed by atoms with Crippen molar-refractivity contribution in [2.45, 2.75) is 6.04 Å². The van der Waals surface area contributed by atoms with Crippen LogP contribution in [0.2, 0.25) is 0 Å². The van der Waals surface area contributed by atoms with E-state index in [9.17, 15) is 14.4 Å². The highest BCUT2D eigenvalue weighted by Crippen LogP contribution is 1.89. The zero-order valence-corrected chi connectivity index (χ0v) is 5.59. The summed E-state index contributed by atoms with van der Waals surface area (Å²) < 4.78 is 0. The molecule has 1 fully saturated rings. The van der Waals surface area contributed by atoms with Crippen LogP contribution in [0, 0.1) is 0 Å². The third-order valence-electron chi connectivity index (χ3n) is 1.26. The van der Waals surface area contributed by atoms with Crippen molar-refractivity contribution in [1.29, 1.82) is 0 Å². The van der Waals surface area contributed by atoms with E-state index in [1.54, 1.807) is 0 Å². The second kappa shape index (κ2) is 3.00. The molecule has 1 unspecified atom stereocenters. The van der Waals surface area contributed by atoms with Gasteiger partial charge in [0.15, 0.2) is 0 Å². The molecule has 60 valence electrons. The molecule has 4 amide bonds. The summed E-state index contributed by atoms with van der Waals surface area (Å²) in [7, 11) is 0. The number of urea groups is 1. The van der Waals surface area contributed by atoms with Gasteiger partial charge in [-0.15, -0.1) is 0 Å². The molecule has 6 nitrogen and oxygen atoms in total. The van der Waals surface area contributed by atoms with Gasteiger partial charge in [-0.05, 0) is 0 Å². The lowest BCUT2D eigenvalue weighted by Crippen LogP contribution is -2.38. The molecule has 1 saturated heterocycles. The van der Waals surface area contributed by atoms with Crippen LogP contribution in [-0.2, 0) is 9.59 Å². The van der Waals surface area contributed by atoms with E-state index >= 15 is 0 Å². The zero-order chi connectivity index (χ0) is 8.27. The first-order valence-electron chi connectivity index (χ1n) is 3.02. The van der Waals surface area contributed by atoms with Gasteiger partial charge in [-0.2, -0.15) is 0 Å². The molecule has 0 aliphatic carbocycles. The lowest BCUT2D eigenvalue weighted by Gasteiger charge is -2.03. The Bertz CT molecular complexity index is 203. The highest BCUT2D eigenvalue weighted by molar-refractivity contribution is 6.04. The molecule has 0 aromatic carbocycles. The van der Waals surface area contributed by atoms with E-state index < -0.39 is 18.0 Å². The quantitative estimate of drug-likeness (QED) is 0.325. The Morgan fingerprint density at radius 1 is 1.55 bits per heavy atom. The predicted octanol–water partition coefficient (Wildman–Crippen LogP) is -2.06. The highest BCUT2D eigenvalue weighted by atomic mass is 16.2. The van der Waals surface area contributed by atoms with E-state index in [-0.39, 0.29) is 6.54 Å². The van der Waals surface area contributed by atoms with Crippen LogP contribution in [0.1, 0.15) is 0 Å². The number of nitrogens with one attached hydrogen (secondary N) is 3. The molecular formula is C5H7N3O3. The molecule has 0 radical (unpaired) electrons. The zero-order valence-electron chi connectivity index (χ0n) is 5.59. The van der Waals surface area contributed by atoms with Crippen LogP contribution in [0.4, 0.5) is 4.79 Å². The van der Waals surface area contributed by atoms with Crippen molar-refractivity contribution in [3.05, 3.63) is 0 Å². The summed E-state index contributed by atoms with van der Waals surface area (Å²) in [6.07, 6.45) is 0.470. The standard InChI is InChI=1S/C5H7N3O3/c9-2-6-1-3-4(10)8-5(11)7-3/h2-3H,1H2,(H,6,9)(H2,7,8,10,11).